The molecular weight excluding hydrogens is 174 g/mol. The molecule has 2 N–H and O–H groups in total. The van der Waals surface area contributed by atoms with Gasteiger partial charge >= 0.3 is 0 Å². The zero-order chi connectivity index (χ0) is 9.97. The fourth-order valence-corrected chi connectivity index (χ4v) is 2.28. The van der Waals surface area contributed by atoms with Crippen molar-refractivity contribution in [3.8, 4) is 0 Å². The Morgan fingerprint density at radius 1 is 1.50 bits per heavy atom. The Hall–Kier alpha value is -0.830. The van der Waals surface area contributed by atoms with E-state index in [1.807, 2.05) is 12.4 Å². The van der Waals surface area contributed by atoms with Crippen LogP contribution in [0.25, 0.3) is 0 Å². The number of nitrogens with zero attached hydrogens (tertiary/aromatic N) is 2. The molecule has 3 heteroatoms. The molecule has 1 saturated carbocycles. The van der Waals surface area contributed by atoms with Crippen LogP contribution in [0.15, 0.2) is 12.4 Å². The van der Waals surface area contributed by atoms with Crippen LogP contribution in [-0.2, 0) is 13.5 Å². The van der Waals surface area contributed by atoms with Gasteiger partial charge in [0.2, 0.25) is 0 Å². The van der Waals surface area contributed by atoms with E-state index in [-0.39, 0.29) is 0 Å². The van der Waals surface area contributed by atoms with Crippen LogP contribution in [0.4, 0.5) is 0 Å². The highest BCUT2D eigenvalue weighted by Gasteiger charge is 2.28. The highest BCUT2D eigenvalue weighted by Crippen LogP contribution is 2.36. The standard InChI is InChI=1S/C11H19N3/c1-14-7-6-13-11(14)5-4-9-2-3-10(9)8-12/h6-7,9-10H,2-5,8,12H2,1H3. The SMILES string of the molecule is Cn1ccnc1CCC1CCC1CN. The van der Waals surface area contributed by atoms with Crippen LogP contribution in [0, 0.1) is 11.8 Å². The number of aryl methyl sites for hydroxylation is 2. The van der Waals surface area contributed by atoms with Crippen LogP contribution in [0.3, 0.4) is 0 Å². The van der Waals surface area contributed by atoms with Gasteiger partial charge in [0, 0.05) is 25.9 Å². The summed E-state index contributed by atoms with van der Waals surface area (Å²) >= 11 is 0. The summed E-state index contributed by atoms with van der Waals surface area (Å²) in [5.41, 5.74) is 5.68. The monoisotopic (exact) mass is 193 g/mol. The molecule has 2 rings (SSSR count). The first-order valence-corrected chi connectivity index (χ1v) is 5.47. The minimum atomic E-state index is 0.787. The molecule has 1 aromatic rings. The second kappa shape index (κ2) is 4.13. The third-order valence-electron chi connectivity index (χ3n) is 3.54. The molecule has 0 radical (unpaired) electrons. The van der Waals surface area contributed by atoms with Crippen molar-refractivity contribution in [3.05, 3.63) is 18.2 Å². The Morgan fingerprint density at radius 3 is 2.79 bits per heavy atom. The largest absolute Gasteiger partial charge is 0.338 e. The second-order valence-electron chi connectivity index (χ2n) is 4.33. The fourth-order valence-electron chi connectivity index (χ4n) is 2.28. The fraction of sp³-hybridized carbons (Fsp3) is 0.727. The third-order valence-corrected chi connectivity index (χ3v) is 3.54. The smallest absolute Gasteiger partial charge is 0.108 e. The highest BCUT2D eigenvalue weighted by molar-refractivity contribution is 4.93. The average molecular weight is 193 g/mol. The van der Waals surface area contributed by atoms with E-state index < -0.39 is 0 Å². The van der Waals surface area contributed by atoms with Crippen molar-refractivity contribution in [2.45, 2.75) is 25.7 Å². The van der Waals surface area contributed by atoms with Crippen molar-refractivity contribution in [2.24, 2.45) is 24.6 Å². The van der Waals surface area contributed by atoms with Crippen molar-refractivity contribution in [2.75, 3.05) is 6.54 Å². The van der Waals surface area contributed by atoms with Gasteiger partial charge in [0.05, 0.1) is 0 Å². The predicted molar refractivity (Wildman–Crippen MR) is 56.8 cm³/mol. The van der Waals surface area contributed by atoms with Gasteiger partial charge in [-0.1, -0.05) is 0 Å². The van der Waals surface area contributed by atoms with Gasteiger partial charge in [0.1, 0.15) is 5.82 Å². The summed E-state index contributed by atoms with van der Waals surface area (Å²) in [5.74, 6) is 2.85. The molecule has 0 spiro atoms. The van der Waals surface area contributed by atoms with Gasteiger partial charge in [-0.15, -0.1) is 0 Å². The molecule has 1 fully saturated rings. The van der Waals surface area contributed by atoms with E-state index in [1.165, 1.54) is 25.1 Å². The maximum atomic E-state index is 5.68. The van der Waals surface area contributed by atoms with Crippen molar-refractivity contribution in [1.29, 1.82) is 0 Å². The van der Waals surface area contributed by atoms with Gasteiger partial charge in [0.15, 0.2) is 0 Å². The second-order valence-corrected chi connectivity index (χ2v) is 4.33. The number of nitrogens with two attached hydrogens (primary N) is 1. The van der Waals surface area contributed by atoms with Crippen molar-refractivity contribution >= 4 is 0 Å². The summed E-state index contributed by atoms with van der Waals surface area (Å²) in [6.45, 7) is 0.866. The molecule has 1 heterocycles. The number of rotatable bonds is 4. The molecular formula is C11H19N3. The first-order valence-electron chi connectivity index (χ1n) is 5.47. The van der Waals surface area contributed by atoms with Crippen molar-refractivity contribution in [3.63, 3.8) is 0 Å². The zero-order valence-corrected chi connectivity index (χ0v) is 8.82. The molecule has 0 saturated heterocycles. The van der Waals surface area contributed by atoms with Crippen molar-refractivity contribution < 1.29 is 0 Å². The number of imidazole rings is 1. The van der Waals surface area contributed by atoms with Gasteiger partial charge in [-0.3, -0.25) is 0 Å². The predicted octanol–water partition coefficient (Wildman–Crippen LogP) is 1.34. The van der Waals surface area contributed by atoms with Gasteiger partial charge in [0.25, 0.3) is 0 Å². The first kappa shape index (κ1) is 9.71. The molecule has 2 unspecified atom stereocenters. The lowest BCUT2D eigenvalue weighted by Crippen LogP contribution is -2.32. The van der Waals surface area contributed by atoms with Crippen LogP contribution in [0.2, 0.25) is 0 Å². The normalized spacial score (nSPS) is 26.1. The Balaban J connectivity index is 1.80. The van der Waals surface area contributed by atoms with E-state index in [4.69, 9.17) is 5.73 Å². The summed E-state index contributed by atoms with van der Waals surface area (Å²) in [6.07, 6.45) is 8.94. The molecule has 14 heavy (non-hydrogen) atoms. The summed E-state index contributed by atoms with van der Waals surface area (Å²) in [4.78, 5) is 4.33. The minimum absolute atomic E-state index is 0.787. The Labute approximate surface area is 85.3 Å². The molecule has 0 bridgehead atoms. The van der Waals surface area contributed by atoms with Crippen LogP contribution in [0.1, 0.15) is 25.1 Å². The molecule has 0 aromatic carbocycles. The van der Waals surface area contributed by atoms with E-state index in [1.54, 1.807) is 0 Å². The van der Waals surface area contributed by atoms with E-state index in [9.17, 15) is 0 Å². The molecule has 1 aliphatic carbocycles. The molecule has 3 nitrogen and oxygen atoms in total. The Morgan fingerprint density at radius 2 is 2.29 bits per heavy atom. The Kier molecular flexibility index (Phi) is 2.87. The molecule has 78 valence electrons. The highest BCUT2D eigenvalue weighted by atomic mass is 15.0. The molecule has 2 atom stereocenters. The first-order chi connectivity index (χ1) is 6.81. The minimum Gasteiger partial charge on any atom is -0.338 e. The van der Waals surface area contributed by atoms with Gasteiger partial charge in [-0.05, 0) is 37.6 Å². The molecule has 0 aliphatic heterocycles. The van der Waals surface area contributed by atoms with Crippen LogP contribution < -0.4 is 5.73 Å². The summed E-state index contributed by atoms with van der Waals surface area (Å²) in [6, 6.07) is 0. The lowest BCUT2D eigenvalue weighted by atomic mass is 9.71. The van der Waals surface area contributed by atoms with E-state index in [0.29, 0.717) is 0 Å². The molecule has 0 amide bonds. The molecule has 1 aromatic heterocycles. The maximum absolute atomic E-state index is 5.68. The Bertz CT molecular complexity index is 290. The third kappa shape index (κ3) is 1.82. The van der Waals surface area contributed by atoms with E-state index in [2.05, 4.69) is 16.6 Å². The maximum Gasteiger partial charge on any atom is 0.108 e. The summed E-state index contributed by atoms with van der Waals surface area (Å²) in [5, 5.41) is 0. The lowest BCUT2D eigenvalue weighted by molar-refractivity contribution is 0.171. The summed E-state index contributed by atoms with van der Waals surface area (Å²) in [7, 11) is 2.06. The van der Waals surface area contributed by atoms with Gasteiger partial charge in [-0.25, -0.2) is 4.98 Å². The van der Waals surface area contributed by atoms with Crippen molar-refractivity contribution in [1.82, 2.24) is 9.55 Å². The number of hydrogen-bond donors (Lipinski definition) is 1. The lowest BCUT2D eigenvalue weighted by Gasteiger charge is -2.35. The van der Waals surface area contributed by atoms with E-state index >= 15 is 0 Å². The van der Waals surface area contributed by atoms with Gasteiger partial charge < -0.3 is 10.3 Å². The summed E-state index contributed by atoms with van der Waals surface area (Å²) < 4.78 is 2.11. The quantitative estimate of drug-likeness (QED) is 0.784. The van der Waals surface area contributed by atoms with Crippen LogP contribution >= 0.6 is 0 Å². The van der Waals surface area contributed by atoms with Crippen LogP contribution in [-0.4, -0.2) is 16.1 Å². The van der Waals surface area contributed by atoms with E-state index in [0.717, 1.165) is 24.8 Å². The molecule has 1 aliphatic rings. The topological polar surface area (TPSA) is 43.8 Å². The zero-order valence-electron chi connectivity index (χ0n) is 8.82. The number of aromatic nitrogens is 2. The van der Waals surface area contributed by atoms with Gasteiger partial charge in [-0.2, -0.15) is 0 Å². The van der Waals surface area contributed by atoms with Crippen LogP contribution in [0.5, 0.6) is 0 Å². The average Bonchev–Trinajstić information content (AvgIpc) is 2.51. The number of hydrogen-bond acceptors (Lipinski definition) is 2.